The maximum absolute atomic E-state index is 14.1. The third-order valence-corrected chi connectivity index (χ3v) is 11.8. The number of allylic oxidation sites excluding steroid dienone is 9. The molecule has 2 fully saturated rings. The molecule has 2 spiro atoms. The summed E-state index contributed by atoms with van der Waals surface area (Å²) in [5, 5.41) is 48.1. The maximum Gasteiger partial charge on any atom is 0.414 e. The smallest absolute Gasteiger partial charge is 0.410 e. The Kier molecular flexibility index (Phi) is 11.2. The quantitative estimate of drug-likeness (QED) is 0.123. The summed E-state index contributed by atoms with van der Waals surface area (Å²) in [6.45, 7) is 11.6. The summed E-state index contributed by atoms with van der Waals surface area (Å²) in [6, 6.07) is 5.28. The van der Waals surface area contributed by atoms with Crippen LogP contribution in [-0.2, 0) is 11.2 Å². The third kappa shape index (κ3) is 6.86. The van der Waals surface area contributed by atoms with Gasteiger partial charge in [-0.3, -0.25) is 4.79 Å². The predicted octanol–water partition coefficient (Wildman–Crippen LogP) is 5.95. The molecule has 0 aromatic heterocycles. The Morgan fingerprint density at radius 3 is 2.64 bits per heavy atom. The van der Waals surface area contributed by atoms with E-state index in [9.17, 15) is 30.0 Å². The van der Waals surface area contributed by atoms with Crippen molar-refractivity contribution in [2.75, 3.05) is 13.2 Å². The Bertz CT molecular complexity index is 1680. The Morgan fingerprint density at radius 1 is 1.18 bits per heavy atom. The van der Waals surface area contributed by atoms with Gasteiger partial charge < -0.3 is 36.2 Å². The van der Waals surface area contributed by atoms with E-state index in [4.69, 9.17) is 10.5 Å². The van der Waals surface area contributed by atoms with Gasteiger partial charge in [0.05, 0.1) is 18.3 Å². The van der Waals surface area contributed by atoms with Crippen molar-refractivity contribution >= 4 is 11.9 Å². The van der Waals surface area contributed by atoms with Crippen LogP contribution in [0.1, 0.15) is 96.4 Å². The van der Waals surface area contributed by atoms with Crippen molar-refractivity contribution in [3.8, 4) is 5.75 Å². The van der Waals surface area contributed by atoms with E-state index in [-0.39, 0.29) is 25.4 Å². The molecule has 4 aliphatic rings. The van der Waals surface area contributed by atoms with Crippen LogP contribution >= 0.6 is 0 Å². The Balaban J connectivity index is 1.50. The van der Waals surface area contributed by atoms with E-state index in [1.807, 2.05) is 24.3 Å². The highest BCUT2D eigenvalue weighted by Gasteiger charge is 2.68. The number of rotatable bonds is 11. The van der Waals surface area contributed by atoms with Crippen molar-refractivity contribution in [3.63, 3.8) is 0 Å². The summed E-state index contributed by atoms with van der Waals surface area (Å²) in [5.74, 6) is -0.269. The number of para-hydroxylation sites is 1. The summed E-state index contributed by atoms with van der Waals surface area (Å²) in [5.41, 5.74) is 9.24. The van der Waals surface area contributed by atoms with Crippen molar-refractivity contribution in [1.82, 2.24) is 5.32 Å². The molecular formula is C41H54N2O7. The van der Waals surface area contributed by atoms with Crippen LogP contribution in [0.4, 0.5) is 4.79 Å². The monoisotopic (exact) mass is 686 g/mol. The lowest BCUT2D eigenvalue weighted by Crippen LogP contribution is -2.61. The molecular weight excluding hydrogens is 632 g/mol. The third-order valence-electron chi connectivity index (χ3n) is 11.8. The van der Waals surface area contributed by atoms with Gasteiger partial charge in [-0.25, -0.2) is 4.79 Å². The first-order chi connectivity index (χ1) is 23.7. The molecule has 2 saturated carbocycles. The van der Waals surface area contributed by atoms with E-state index in [2.05, 4.69) is 31.8 Å². The van der Waals surface area contributed by atoms with E-state index in [0.717, 1.165) is 29.6 Å². The van der Waals surface area contributed by atoms with Crippen molar-refractivity contribution < 1.29 is 34.8 Å². The number of carbonyl (C=O) groups excluding carboxylic acids is 2. The molecule has 9 nitrogen and oxygen atoms in total. The van der Waals surface area contributed by atoms with Gasteiger partial charge in [-0.05, 0) is 102 Å². The van der Waals surface area contributed by atoms with Gasteiger partial charge >= 0.3 is 6.09 Å². The molecule has 0 radical (unpaired) electrons. The van der Waals surface area contributed by atoms with Gasteiger partial charge in [0.1, 0.15) is 11.9 Å². The first kappa shape index (κ1) is 37.7. The highest BCUT2D eigenvalue weighted by molar-refractivity contribution is 5.97. The molecule has 0 bridgehead atoms. The second-order valence-electron chi connectivity index (χ2n) is 15.1. The molecule has 1 amide bonds. The lowest BCUT2D eigenvalue weighted by molar-refractivity contribution is -0.173. The standard InChI is InChI=1S/C41H54N2O7/c1-25(2)9-6-10-26(3)21-28-14-17-40(30(22-28)24-45)18-19-41(37(40)47)33(13-8-20-44)31(15-16-39(41,5)49)27(4)34(46)23-29-11-7-12-32-35(29)50-38(48)43-36(32)42/h7,9,11-12,14,17,21-22,33,36-37,44-45,47,49H,3,6,8,10,13,15-16,18-20,23-24,42H2,1-2,4-5H3,(H,43,48)/b28-21+,31-27+/t33-,36+,37-,39-,40-,41-/m1/s1. The first-order valence-corrected chi connectivity index (χ1v) is 17.8. The van der Waals surface area contributed by atoms with Crippen LogP contribution in [0.3, 0.4) is 0 Å². The fraction of sp³-hybridized carbons (Fsp3) is 0.512. The molecule has 0 saturated heterocycles. The van der Waals surface area contributed by atoms with Crippen molar-refractivity contribution in [3.05, 3.63) is 99.7 Å². The summed E-state index contributed by atoms with van der Waals surface area (Å²) < 4.78 is 5.45. The lowest BCUT2D eigenvalue weighted by atomic mass is 9.51. The summed E-state index contributed by atoms with van der Waals surface area (Å²) in [4.78, 5) is 26.2. The Morgan fingerprint density at radius 2 is 1.94 bits per heavy atom. The maximum atomic E-state index is 14.1. The largest absolute Gasteiger partial charge is 0.414 e. The average molecular weight is 687 g/mol. The summed E-state index contributed by atoms with van der Waals surface area (Å²) in [7, 11) is 0. The number of amides is 1. The van der Waals surface area contributed by atoms with Crippen LogP contribution in [0.5, 0.6) is 5.75 Å². The minimum Gasteiger partial charge on any atom is -0.410 e. The van der Waals surface area contributed by atoms with E-state index in [1.54, 1.807) is 32.0 Å². The minimum atomic E-state index is -1.29. The number of hydrogen-bond donors (Lipinski definition) is 6. The number of hydrogen-bond acceptors (Lipinski definition) is 8. The first-order valence-electron chi connectivity index (χ1n) is 17.8. The number of benzene rings is 1. The summed E-state index contributed by atoms with van der Waals surface area (Å²) >= 11 is 0. The van der Waals surface area contributed by atoms with E-state index in [1.165, 1.54) is 5.57 Å². The van der Waals surface area contributed by atoms with Gasteiger partial charge in [-0.2, -0.15) is 0 Å². The molecule has 270 valence electrons. The van der Waals surface area contributed by atoms with Gasteiger partial charge in [0, 0.05) is 35.0 Å². The molecule has 0 unspecified atom stereocenters. The number of aliphatic hydroxyl groups excluding tert-OH is 3. The topological polar surface area (TPSA) is 162 Å². The van der Waals surface area contributed by atoms with E-state index >= 15 is 0 Å². The van der Waals surface area contributed by atoms with Gasteiger partial charge in [-0.15, -0.1) is 0 Å². The van der Waals surface area contributed by atoms with E-state index in [0.29, 0.717) is 66.5 Å². The van der Waals surface area contributed by atoms with Gasteiger partial charge in [-0.1, -0.05) is 71.9 Å². The zero-order chi connectivity index (χ0) is 36.4. The van der Waals surface area contributed by atoms with Crippen molar-refractivity contribution in [2.45, 2.75) is 103 Å². The number of ether oxygens (including phenoxy) is 1. The fourth-order valence-corrected chi connectivity index (χ4v) is 9.03. The van der Waals surface area contributed by atoms with Gasteiger partial charge in [0.25, 0.3) is 0 Å². The normalized spacial score (nSPS) is 32.0. The SMILES string of the molecule is C=C(/C=C1\C=C[C@@]2(CC[C@@]3([C@H](CCCO)/C(=C(\C)C(=O)Cc4cccc5c4OC(=O)N[C@@H]5N)CC[C@@]3(C)O)[C@@H]2O)C(CO)=C1)CCC=C(C)C. The molecule has 1 heterocycles. The van der Waals surface area contributed by atoms with Crippen LogP contribution in [-0.4, -0.2) is 57.2 Å². The highest BCUT2D eigenvalue weighted by atomic mass is 16.6. The number of ketones is 1. The Labute approximate surface area is 296 Å². The predicted molar refractivity (Wildman–Crippen MR) is 194 cm³/mol. The average Bonchev–Trinajstić information content (AvgIpc) is 3.35. The molecule has 6 atom stereocenters. The second kappa shape index (κ2) is 14.9. The highest BCUT2D eigenvalue weighted by Crippen LogP contribution is 2.67. The molecule has 3 aliphatic carbocycles. The van der Waals surface area contributed by atoms with Gasteiger partial charge in [0.2, 0.25) is 0 Å². The number of fused-ring (bicyclic) bond motifs is 1. The lowest BCUT2D eigenvalue weighted by Gasteiger charge is -2.56. The van der Waals surface area contributed by atoms with E-state index < -0.39 is 40.7 Å². The van der Waals surface area contributed by atoms with Crippen LogP contribution in [0, 0.1) is 16.7 Å². The zero-order valence-electron chi connectivity index (χ0n) is 29.9. The van der Waals surface area contributed by atoms with Crippen LogP contribution < -0.4 is 15.8 Å². The molecule has 1 aromatic carbocycles. The van der Waals surface area contributed by atoms with Crippen LogP contribution in [0.2, 0.25) is 0 Å². The molecule has 1 aromatic rings. The van der Waals surface area contributed by atoms with Gasteiger partial charge in [0.15, 0.2) is 5.78 Å². The molecule has 5 rings (SSSR count). The van der Waals surface area contributed by atoms with Crippen molar-refractivity contribution in [1.29, 1.82) is 0 Å². The number of carbonyl (C=O) groups is 2. The Hall–Kier alpha value is -3.60. The number of aliphatic hydroxyl groups is 4. The molecule has 1 aliphatic heterocycles. The van der Waals surface area contributed by atoms with Crippen LogP contribution in [0.25, 0.3) is 0 Å². The fourth-order valence-electron chi connectivity index (χ4n) is 9.03. The number of nitrogens with one attached hydrogen (secondary N) is 1. The molecule has 9 heteroatoms. The molecule has 7 N–H and O–H groups in total. The zero-order valence-corrected chi connectivity index (χ0v) is 29.9. The van der Waals surface area contributed by atoms with Crippen molar-refractivity contribution in [2.24, 2.45) is 22.5 Å². The summed E-state index contributed by atoms with van der Waals surface area (Å²) in [6.07, 6.45) is 12.0. The van der Waals surface area contributed by atoms with Crippen LogP contribution in [0.15, 0.2) is 88.6 Å². The minimum absolute atomic E-state index is 0.0179. The number of Topliss-reactive ketones (excluding diaryl/α,β-unsaturated/α-hetero) is 1. The number of nitrogens with two attached hydrogens (primary N) is 1. The second-order valence-corrected chi connectivity index (χ2v) is 15.1. The molecule has 50 heavy (non-hydrogen) atoms.